The van der Waals surface area contributed by atoms with Gasteiger partial charge in [-0.05, 0) is 37.4 Å². The van der Waals surface area contributed by atoms with Gasteiger partial charge in [-0.1, -0.05) is 23.7 Å². The Morgan fingerprint density at radius 2 is 1.85 bits per heavy atom. The van der Waals surface area contributed by atoms with E-state index < -0.39 is 15.9 Å². The number of carbonyl (C=O) groups excluding carboxylic acids is 1. The van der Waals surface area contributed by atoms with Crippen molar-refractivity contribution in [3.63, 3.8) is 0 Å². The number of nitrogens with one attached hydrogen (secondary N) is 2. The third-order valence-corrected chi connectivity index (χ3v) is 6.01. The zero-order valence-electron chi connectivity index (χ0n) is 14.7. The second kappa shape index (κ2) is 8.26. The zero-order valence-corrected chi connectivity index (χ0v) is 16.3. The quantitative estimate of drug-likeness (QED) is 0.791. The number of sulfonamides is 1. The fraction of sp³-hybridized carbons (Fsp3) is 0.278. The van der Waals surface area contributed by atoms with Crippen LogP contribution in [0.3, 0.4) is 0 Å². The summed E-state index contributed by atoms with van der Waals surface area (Å²) in [5, 5.41) is 3.01. The van der Waals surface area contributed by atoms with Crippen molar-refractivity contribution in [2.75, 3.05) is 43.6 Å². The minimum Gasteiger partial charge on any atom is -0.378 e. The molecule has 1 aliphatic rings. The van der Waals surface area contributed by atoms with Crippen molar-refractivity contribution in [2.24, 2.45) is 0 Å². The van der Waals surface area contributed by atoms with Crippen molar-refractivity contribution in [1.29, 1.82) is 0 Å². The van der Waals surface area contributed by atoms with Gasteiger partial charge in [0.25, 0.3) is 5.91 Å². The molecule has 1 heterocycles. The average molecular weight is 410 g/mol. The number of hydrogen-bond donors (Lipinski definition) is 2. The van der Waals surface area contributed by atoms with Gasteiger partial charge in [-0.3, -0.25) is 4.79 Å². The van der Waals surface area contributed by atoms with E-state index in [9.17, 15) is 13.2 Å². The minimum atomic E-state index is -3.68. The smallest absolute Gasteiger partial charge is 0.257 e. The molecule has 2 aromatic carbocycles. The van der Waals surface area contributed by atoms with Crippen LogP contribution in [0.2, 0.25) is 5.02 Å². The van der Waals surface area contributed by atoms with E-state index in [0.717, 1.165) is 18.8 Å². The third-order valence-electron chi connectivity index (χ3n) is 4.27. The number of morpholine rings is 1. The Labute approximate surface area is 163 Å². The Bertz CT molecular complexity index is 943. The zero-order chi connectivity index (χ0) is 19.4. The van der Waals surface area contributed by atoms with Gasteiger partial charge in [-0.2, -0.15) is 0 Å². The molecule has 0 spiro atoms. The molecule has 0 aliphatic carbocycles. The molecule has 3 rings (SSSR count). The molecular formula is C18H20ClN3O4S. The minimum absolute atomic E-state index is 0.0268. The monoisotopic (exact) mass is 409 g/mol. The fourth-order valence-corrected chi connectivity index (χ4v) is 3.77. The summed E-state index contributed by atoms with van der Waals surface area (Å²) >= 11 is 6.14. The molecule has 0 bridgehead atoms. The molecule has 1 aliphatic heterocycles. The van der Waals surface area contributed by atoms with Crippen LogP contribution in [0.5, 0.6) is 0 Å². The highest BCUT2D eigenvalue weighted by Gasteiger charge is 2.20. The lowest BCUT2D eigenvalue weighted by atomic mass is 10.2. The van der Waals surface area contributed by atoms with Crippen LogP contribution in [0.25, 0.3) is 0 Å². The number of halogens is 1. The Kier molecular flexibility index (Phi) is 6.01. The van der Waals surface area contributed by atoms with E-state index in [2.05, 4.69) is 14.9 Å². The van der Waals surface area contributed by atoms with Crippen LogP contribution in [-0.2, 0) is 14.8 Å². The first-order valence-electron chi connectivity index (χ1n) is 8.38. The molecule has 144 valence electrons. The van der Waals surface area contributed by atoms with Gasteiger partial charge in [-0.25, -0.2) is 13.1 Å². The molecule has 0 saturated carbocycles. The lowest BCUT2D eigenvalue weighted by Crippen LogP contribution is -2.36. The van der Waals surface area contributed by atoms with E-state index in [0.29, 0.717) is 18.9 Å². The van der Waals surface area contributed by atoms with E-state index in [1.54, 1.807) is 6.07 Å². The highest BCUT2D eigenvalue weighted by molar-refractivity contribution is 7.89. The lowest BCUT2D eigenvalue weighted by Gasteiger charge is -2.30. The van der Waals surface area contributed by atoms with E-state index in [-0.39, 0.29) is 15.5 Å². The number of anilines is 2. The fourth-order valence-electron chi connectivity index (χ4n) is 2.81. The number of carbonyl (C=O) groups is 1. The Balaban J connectivity index is 1.89. The van der Waals surface area contributed by atoms with Crippen LogP contribution in [0.4, 0.5) is 11.4 Å². The molecule has 1 fully saturated rings. The Morgan fingerprint density at radius 3 is 2.56 bits per heavy atom. The first kappa shape index (κ1) is 19.6. The number of nitrogens with zero attached hydrogens (tertiary/aromatic N) is 1. The second-order valence-corrected chi connectivity index (χ2v) is 8.21. The van der Waals surface area contributed by atoms with Crippen molar-refractivity contribution in [3.05, 3.63) is 53.1 Å². The van der Waals surface area contributed by atoms with Crippen LogP contribution in [-0.4, -0.2) is 47.7 Å². The second-order valence-electron chi connectivity index (χ2n) is 5.92. The van der Waals surface area contributed by atoms with Crippen LogP contribution in [0, 0.1) is 0 Å². The SMILES string of the molecule is CNS(=O)(=O)c1ccc(Cl)c(C(=O)Nc2ccccc2N2CCOCC2)c1. The van der Waals surface area contributed by atoms with Gasteiger partial charge in [-0.15, -0.1) is 0 Å². The summed E-state index contributed by atoms with van der Waals surface area (Å²) in [5.74, 6) is -0.478. The molecule has 0 atom stereocenters. The van der Waals surface area contributed by atoms with Crippen LogP contribution >= 0.6 is 11.6 Å². The molecule has 7 nitrogen and oxygen atoms in total. The van der Waals surface area contributed by atoms with E-state index in [4.69, 9.17) is 16.3 Å². The predicted octanol–water partition coefficient (Wildman–Crippen LogP) is 2.34. The summed E-state index contributed by atoms with van der Waals surface area (Å²) in [6, 6.07) is 11.5. The summed E-state index contributed by atoms with van der Waals surface area (Å²) in [4.78, 5) is 14.9. The number of para-hydroxylation sites is 2. The highest BCUT2D eigenvalue weighted by atomic mass is 35.5. The van der Waals surface area contributed by atoms with Crippen molar-refractivity contribution in [1.82, 2.24) is 4.72 Å². The van der Waals surface area contributed by atoms with Gasteiger partial charge in [0.15, 0.2) is 0 Å². The van der Waals surface area contributed by atoms with Crippen molar-refractivity contribution in [2.45, 2.75) is 4.90 Å². The van der Waals surface area contributed by atoms with Crippen molar-refractivity contribution < 1.29 is 17.9 Å². The number of benzene rings is 2. The van der Waals surface area contributed by atoms with Crippen LogP contribution in [0.1, 0.15) is 10.4 Å². The molecule has 1 saturated heterocycles. The van der Waals surface area contributed by atoms with Gasteiger partial charge in [0.2, 0.25) is 10.0 Å². The summed E-state index contributed by atoms with van der Waals surface area (Å²) in [6.45, 7) is 2.70. The van der Waals surface area contributed by atoms with Gasteiger partial charge in [0, 0.05) is 13.1 Å². The molecule has 2 N–H and O–H groups in total. The molecule has 27 heavy (non-hydrogen) atoms. The standard InChI is InChI=1S/C18H20ClN3O4S/c1-20-27(24,25)13-6-7-15(19)14(12-13)18(23)21-16-4-2-3-5-17(16)22-8-10-26-11-9-22/h2-7,12,20H,8-11H2,1H3,(H,21,23). The molecule has 0 radical (unpaired) electrons. The van der Waals surface area contributed by atoms with Crippen LogP contribution < -0.4 is 14.9 Å². The molecule has 9 heteroatoms. The number of rotatable bonds is 5. The van der Waals surface area contributed by atoms with Crippen molar-refractivity contribution >= 4 is 38.9 Å². The van der Waals surface area contributed by atoms with Crippen molar-refractivity contribution in [3.8, 4) is 0 Å². The van der Waals surface area contributed by atoms with Gasteiger partial charge in [0.05, 0.1) is 40.1 Å². The van der Waals surface area contributed by atoms with Gasteiger partial charge >= 0.3 is 0 Å². The third kappa shape index (κ3) is 4.41. The Hall–Kier alpha value is -2.13. The number of amides is 1. The summed E-state index contributed by atoms with van der Waals surface area (Å²) in [7, 11) is -2.37. The number of ether oxygens (including phenoxy) is 1. The first-order valence-corrected chi connectivity index (χ1v) is 10.2. The van der Waals surface area contributed by atoms with E-state index >= 15 is 0 Å². The van der Waals surface area contributed by atoms with E-state index in [1.165, 1.54) is 25.2 Å². The van der Waals surface area contributed by atoms with Gasteiger partial charge in [0.1, 0.15) is 0 Å². The molecule has 2 aromatic rings. The largest absolute Gasteiger partial charge is 0.378 e. The number of hydrogen-bond acceptors (Lipinski definition) is 5. The Morgan fingerprint density at radius 1 is 1.15 bits per heavy atom. The summed E-state index contributed by atoms with van der Waals surface area (Å²) in [5.41, 5.74) is 1.59. The van der Waals surface area contributed by atoms with E-state index in [1.807, 2.05) is 18.2 Å². The highest BCUT2D eigenvalue weighted by Crippen LogP contribution is 2.28. The molecule has 1 amide bonds. The average Bonchev–Trinajstić information content (AvgIpc) is 2.69. The predicted molar refractivity (Wildman–Crippen MR) is 105 cm³/mol. The topological polar surface area (TPSA) is 87.7 Å². The van der Waals surface area contributed by atoms with Crippen LogP contribution in [0.15, 0.2) is 47.4 Å². The summed E-state index contributed by atoms with van der Waals surface area (Å²) in [6.07, 6.45) is 0. The molecule has 0 unspecified atom stereocenters. The summed E-state index contributed by atoms with van der Waals surface area (Å²) < 4.78 is 31.6. The first-order chi connectivity index (χ1) is 12.9. The maximum atomic E-state index is 12.8. The molecule has 0 aromatic heterocycles. The maximum Gasteiger partial charge on any atom is 0.257 e. The van der Waals surface area contributed by atoms with Gasteiger partial charge < -0.3 is 15.0 Å². The normalized spacial score (nSPS) is 14.8. The maximum absolute atomic E-state index is 12.8. The lowest BCUT2D eigenvalue weighted by molar-refractivity contribution is 0.102. The molecular weight excluding hydrogens is 390 g/mol.